The van der Waals surface area contributed by atoms with Crippen LogP contribution >= 0.6 is 0 Å². The molecule has 0 radical (unpaired) electrons. The molecular weight excluding hydrogens is 228 g/mol. The first kappa shape index (κ1) is 12.1. The van der Waals surface area contributed by atoms with Crippen LogP contribution in [-0.4, -0.2) is 9.94 Å². The lowest BCUT2D eigenvalue weighted by molar-refractivity contribution is 0.140. The fourth-order valence-corrected chi connectivity index (χ4v) is 2.42. The quantitative estimate of drug-likeness (QED) is 0.811. The monoisotopic (exact) mass is 243 g/mol. The number of hydrogen-bond donors (Lipinski definition) is 1. The van der Waals surface area contributed by atoms with Crippen LogP contribution in [-0.2, 0) is 0 Å². The van der Waals surface area contributed by atoms with Gasteiger partial charge in [0.1, 0.15) is 0 Å². The first-order chi connectivity index (χ1) is 8.09. The zero-order valence-corrected chi connectivity index (χ0v) is 9.40. The minimum absolute atomic E-state index is 0.0140. The number of rotatable bonds is 2. The Morgan fingerprint density at radius 3 is 2.47 bits per heavy atom. The van der Waals surface area contributed by atoms with E-state index < -0.39 is 12.0 Å². The fraction of sp³-hybridized carbons (Fsp3) is 0.583. The van der Waals surface area contributed by atoms with Crippen molar-refractivity contribution in [2.75, 3.05) is 0 Å². The molecule has 1 fully saturated rings. The van der Waals surface area contributed by atoms with Crippen molar-refractivity contribution >= 4 is 0 Å². The largest absolute Gasteiger partial charge is 0.425 e. The lowest BCUT2D eigenvalue weighted by Crippen LogP contribution is -2.24. The van der Waals surface area contributed by atoms with Gasteiger partial charge in [0.2, 0.25) is 0 Å². The lowest BCUT2D eigenvalue weighted by atomic mass is 9.86. The van der Waals surface area contributed by atoms with E-state index >= 15 is 0 Å². The van der Waals surface area contributed by atoms with Crippen molar-refractivity contribution in [1.82, 2.24) is 4.73 Å². The van der Waals surface area contributed by atoms with E-state index in [-0.39, 0.29) is 11.5 Å². The molecule has 1 aromatic heterocycles. The van der Waals surface area contributed by atoms with E-state index in [9.17, 15) is 18.8 Å². The average Bonchev–Trinajstić information content (AvgIpc) is 2.33. The third kappa shape index (κ3) is 2.48. The van der Waals surface area contributed by atoms with Gasteiger partial charge in [-0.1, -0.05) is 19.3 Å². The van der Waals surface area contributed by atoms with Crippen molar-refractivity contribution < 1.29 is 14.0 Å². The van der Waals surface area contributed by atoms with Crippen molar-refractivity contribution in [2.45, 2.75) is 44.4 Å². The van der Waals surface area contributed by atoms with Crippen LogP contribution in [0.1, 0.15) is 55.7 Å². The standard InChI is InChI=1S/C12H15F2NO2/c13-12(14)9-6-10(15(17)11(16)7-9)8-4-2-1-3-5-8/h6-8,12,17H,1-5H2. The van der Waals surface area contributed by atoms with Gasteiger partial charge in [-0.15, -0.1) is 0 Å². The summed E-state index contributed by atoms with van der Waals surface area (Å²) in [5.74, 6) is 0.0140. The molecular formula is C12H15F2NO2. The van der Waals surface area contributed by atoms with Crippen molar-refractivity contribution in [3.05, 3.63) is 33.7 Å². The molecule has 2 rings (SSSR count). The Kier molecular flexibility index (Phi) is 3.45. The summed E-state index contributed by atoms with van der Waals surface area (Å²) in [4.78, 5) is 11.4. The Hall–Kier alpha value is -1.39. The zero-order chi connectivity index (χ0) is 12.4. The maximum atomic E-state index is 12.6. The fourth-order valence-electron chi connectivity index (χ4n) is 2.42. The number of hydrogen-bond acceptors (Lipinski definition) is 2. The van der Waals surface area contributed by atoms with Gasteiger partial charge in [0.15, 0.2) is 0 Å². The molecule has 1 aliphatic carbocycles. The highest BCUT2D eigenvalue weighted by atomic mass is 19.3. The summed E-state index contributed by atoms with van der Waals surface area (Å²) < 4.78 is 25.7. The summed E-state index contributed by atoms with van der Waals surface area (Å²) in [6, 6.07) is 2.04. The van der Waals surface area contributed by atoms with Crippen LogP contribution in [0.3, 0.4) is 0 Å². The van der Waals surface area contributed by atoms with Crippen molar-refractivity contribution in [3.8, 4) is 0 Å². The predicted octanol–water partition coefficient (Wildman–Crippen LogP) is 3.07. The van der Waals surface area contributed by atoms with E-state index in [0.29, 0.717) is 10.4 Å². The van der Waals surface area contributed by atoms with E-state index in [0.717, 1.165) is 38.2 Å². The molecule has 5 heteroatoms. The lowest BCUT2D eigenvalue weighted by Gasteiger charge is -2.23. The smallest absolute Gasteiger partial charge is 0.283 e. The minimum atomic E-state index is -2.67. The number of halogens is 2. The minimum Gasteiger partial charge on any atom is -0.425 e. The molecule has 0 aliphatic heterocycles. The second kappa shape index (κ2) is 4.85. The van der Waals surface area contributed by atoms with Crippen LogP contribution < -0.4 is 5.56 Å². The first-order valence-corrected chi connectivity index (χ1v) is 5.84. The van der Waals surface area contributed by atoms with Gasteiger partial charge in [-0.3, -0.25) is 4.79 Å². The molecule has 0 saturated heterocycles. The van der Waals surface area contributed by atoms with Gasteiger partial charge in [-0.05, 0) is 18.9 Å². The van der Waals surface area contributed by atoms with E-state index in [1.807, 2.05) is 0 Å². The van der Waals surface area contributed by atoms with E-state index in [1.165, 1.54) is 6.07 Å². The topological polar surface area (TPSA) is 42.2 Å². The molecule has 0 bridgehead atoms. The second-order valence-corrected chi connectivity index (χ2v) is 4.50. The third-order valence-electron chi connectivity index (χ3n) is 3.33. The molecule has 1 saturated carbocycles. The molecule has 3 nitrogen and oxygen atoms in total. The Labute approximate surface area is 97.7 Å². The Morgan fingerprint density at radius 1 is 1.24 bits per heavy atom. The molecule has 1 heterocycles. The van der Waals surface area contributed by atoms with Gasteiger partial charge in [0.25, 0.3) is 12.0 Å². The van der Waals surface area contributed by atoms with Crippen LogP contribution in [0, 0.1) is 0 Å². The van der Waals surface area contributed by atoms with Gasteiger partial charge in [0, 0.05) is 17.5 Å². The van der Waals surface area contributed by atoms with E-state index in [2.05, 4.69) is 0 Å². The summed E-state index contributed by atoms with van der Waals surface area (Å²) in [5.41, 5.74) is -0.753. The van der Waals surface area contributed by atoms with Gasteiger partial charge < -0.3 is 5.21 Å². The van der Waals surface area contributed by atoms with Gasteiger partial charge in [-0.25, -0.2) is 8.78 Å². The normalized spacial score (nSPS) is 17.6. The Balaban J connectivity index is 2.40. The summed E-state index contributed by atoms with van der Waals surface area (Å²) in [6.07, 6.45) is 2.15. The highest BCUT2D eigenvalue weighted by molar-refractivity contribution is 5.21. The van der Waals surface area contributed by atoms with Crippen molar-refractivity contribution in [3.63, 3.8) is 0 Å². The first-order valence-electron chi connectivity index (χ1n) is 5.84. The van der Waals surface area contributed by atoms with Crippen LogP contribution in [0.2, 0.25) is 0 Å². The van der Waals surface area contributed by atoms with Crippen molar-refractivity contribution in [2.24, 2.45) is 0 Å². The molecule has 1 aromatic rings. The Bertz CT molecular complexity index is 450. The zero-order valence-electron chi connectivity index (χ0n) is 9.40. The van der Waals surface area contributed by atoms with Crippen LogP contribution in [0.4, 0.5) is 8.78 Å². The molecule has 0 amide bonds. The van der Waals surface area contributed by atoms with Crippen LogP contribution in [0.15, 0.2) is 16.9 Å². The molecule has 0 unspecified atom stereocenters. The third-order valence-corrected chi connectivity index (χ3v) is 3.33. The number of aromatic nitrogens is 1. The maximum absolute atomic E-state index is 12.6. The SMILES string of the molecule is O=c1cc(C(F)F)cc(C2CCCCC2)n1O. The Morgan fingerprint density at radius 2 is 1.88 bits per heavy atom. The molecule has 94 valence electrons. The average molecular weight is 243 g/mol. The summed E-state index contributed by atoms with van der Waals surface area (Å²) in [6.45, 7) is 0. The summed E-state index contributed by atoms with van der Waals surface area (Å²) in [7, 11) is 0. The molecule has 0 aromatic carbocycles. The number of alkyl halides is 2. The van der Waals surface area contributed by atoms with Crippen LogP contribution in [0.25, 0.3) is 0 Å². The van der Waals surface area contributed by atoms with Gasteiger partial charge in [-0.2, -0.15) is 4.73 Å². The molecule has 0 spiro atoms. The van der Waals surface area contributed by atoms with E-state index in [4.69, 9.17) is 0 Å². The number of nitrogens with zero attached hydrogens (tertiary/aromatic N) is 1. The number of pyridine rings is 1. The highest BCUT2D eigenvalue weighted by Gasteiger charge is 2.21. The van der Waals surface area contributed by atoms with E-state index in [1.54, 1.807) is 0 Å². The van der Waals surface area contributed by atoms with Gasteiger partial charge >= 0.3 is 0 Å². The summed E-state index contributed by atoms with van der Waals surface area (Å²) >= 11 is 0. The predicted molar refractivity (Wildman–Crippen MR) is 58.7 cm³/mol. The molecule has 17 heavy (non-hydrogen) atoms. The van der Waals surface area contributed by atoms with Crippen LogP contribution in [0.5, 0.6) is 0 Å². The molecule has 1 N–H and O–H groups in total. The van der Waals surface area contributed by atoms with Crippen molar-refractivity contribution in [1.29, 1.82) is 0 Å². The maximum Gasteiger partial charge on any atom is 0.283 e. The molecule has 0 atom stereocenters. The second-order valence-electron chi connectivity index (χ2n) is 4.50. The molecule has 1 aliphatic rings. The highest BCUT2D eigenvalue weighted by Crippen LogP contribution is 2.33. The summed E-state index contributed by atoms with van der Waals surface area (Å²) in [5, 5.41) is 9.62. The van der Waals surface area contributed by atoms with Gasteiger partial charge in [0.05, 0.1) is 5.69 Å².